The summed E-state index contributed by atoms with van der Waals surface area (Å²) in [6, 6.07) is 7.99. The van der Waals surface area contributed by atoms with Crippen LogP contribution in [-0.2, 0) is 0 Å². The Bertz CT molecular complexity index is 403. The van der Waals surface area contributed by atoms with Crippen molar-refractivity contribution in [3.05, 3.63) is 34.3 Å². The molecular weight excluding hydrogens is 314 g/mol. The molecule has 1 amide bonds. The third-order valence-corrected chi connectivity index (χ3v) is 4.20. The molecular formula is C14H17BrClNO. The number of amides is 1. The van der Waals surface area contributed by atoms with E-state index < -0.39 is 0 Å². The summed E-state index contributed by atoms with van der Waals surface area (Å²) in [7, 11) is 0. The van der Waals surface area contributed by atoms with Crippen molar-refractivity contribution in [2.24, 2.45) is 0 Å². The second-order valence-corrected chi connectivity index (χ2v) is 5.93. The van der Waals surface area contributed by atoms with Crippen molar-refractivity contribution in [3.8, 4) is 0 Å². The Morgan fingerprint density at radius 2 is 2.00 bits per heavy atom. The van der Waals surface area contributed by atoms with Crippen LogP contribution in [0.2, 0.25) is 0 Å². The first-order chi connectivity index (χ1) is 8.72. The zero-order chi connectivity index (χ0) is 13.0. The molecule has 98 valence electrons. The summed E-state index contributed by atoms with van der Waals surface area (Å²) in [6.07, 6.45) is 4.35. The molecule has 18 heavy (non-hydrogen) atoms. The molecule has 0 bridgehead atoms. The van der Waals surface area contributed by atoms with E-state index in [0.717, 1.165) is 35.8 Å². The molecule has 0 unspecified atom stereocenters. The van der Waals surface area contributed by atoms with Gasteiger partial charge in [-0.2, -0.15) is 0 Å². The molecule has 2 nitrogen and oxygen atoms in total. The minimum absolute atomic E-state index is 0.136. The van der Waals surface area contributed by atoms with E-state index in [2.05, 4.69) is 15.9 Å². The second-order valence-electron chi connectivity index (χ2n) is 4.63. The summed E-state index contributed by atoms with van der Waals surface area (Å²) in [5.74, 6) is 0.744. The molecule has 0 aromatic heterocycles. The largest absolute Gasteiger partial charge is 0.336 e. The van der Waals surface area contributed by atoms with Crippen molar-refractivity contribution >= 4 is 33.4 Å². The maximum Gasteiger partial charge on any atom is 0.254 e. The number of rotatable bonds is 5. The van der Waals surface area contributed by atoms with E-state index in [1.165, 1.54) is 6.42 Å². The summed E-state index contributed by atoms with van der Waals surface area (Å²) in [5.41, 5.74) is 0.764. The summed E-state index contributed by atoms with van der Waals surface area (Å²) >= 11 is 9.12. The smallest absolute Gasteiger partial charge is 0.254 e. The zero-order valence-electron chi connectivity index (χ0n) is 10.2. The van der Waals surface area contributed by atoms with E-state index in [1.54, 1.807) is 0 Å². The second kappa shape index (κ2) is 6.58. The van der Waals surface area contributed by atoms with E-state index >= 15 is 0 Å². The van der Waals surface area contributed by atoms with Gasteiger partial charge < -0.3 is 4.90 Å². The van der Waals surface area contributed by atoms with E-state index in [4.69, 9.17) is 11.6 Å². The standard InChI is InChI=1S/C14H17BrClNO/c15-12-7-5-11(6-8-12)14(18)17(10-2-9-16)13-3-1-4-13/h5-8,13H,1-4,9-10H2. The van der Waals surface area contributed by atoms with Gasteiger partial charge in [0.15, 0.2) is 0 Å². The van der Waals surface area contributed by atoms with Gasteiger partial charge in [0.2, 0.25) is 0 Å². The fourth-order valence-corrected chi connectivity index (χ4v) is 2.52. The average molecular weight is 331 g/mol. The Kier molecular flexibility index (Phi) is 5.07. The molecule has 2 rings (SSSR count). The molecule has 1 fully saturated rings. The van der Waals surface area contributed by atoms with Crippen molar-refractivity contribution in [1.29, 1.82) is 0 Å². The van der Waals surface area contributed by atoms with Gasteiger partial charge in [0.25, 0.3) is 5.91 Å². The number of alkyl halides is 1. The van der Waals surface area contributed by atoms with Gasteiger partial charge in [-0.3, -0.25) is 4.79 Å². The van der Waals surface area contributed by atoms with Crippen molar-refractivity contribution in [2.45, 2.75) is 31.7 Å². The lowest BCUT2D eigenvalue weighted by Gasteiger charge is -2.37. The first-order valence-corrected chi connectivity index (χ1v) is 7.67. The number of halogens is 2. The lowest BCUT2D eigenvalue weighted by atomic mass is 9.91. The van der Waals surface area contributed by atoms with Gasteiger partial charge in [-0.25, -0.2) is 0 Å². The Hall–Kier alpha value is -0.540. The van der Waals surface area contributed by atoms with E-state index in [9.17, 15) is 4.79 Å². The third-order valence-electron chi connectivity index (χ3n) is 3.40. The molecule has 0 aliphatic heterocycles. The number of nitrogens with zero attached hydrogens (tertiary/aromatic N) is 1. The lowest BCUT2D eigenvalue weighted by molar-refractivity contribution is 0.0581. The molecule has 4 heteroatoms. The fourth-order valence-electron chi connectivity index (χ4n) is 2.14. The van der Waals surface area contributed by atoms with Crippen LogP contribution in [0.1, 0.15) is 36.0 Å². The molecule has 1 aliphatic carbocycles. The summed E-state index contributed by atoms with van der Waals surface area (Å²) in [6.45, 7) is 0.767. The highest BCUT2D eigenvalue weighted by Gasteiger charge is 2.28. The van der Waals surface area contributed by atoms with Crippen LogP contribution in [0.3, 0.4) is 0 Å². The highest BCUT2D eigenvalue weighted by atomic mass is 79.9. The third kappa shape index (κ3) is 3.27. The van der Waals surface area contributed by atoms with Crippen LogP contribution < -0.4 is 0 Å². The normalized spacial score (nSPS) is 15.2. The highest BCUT2D eigenvalue weighted by Crippen LogP contribution is 2.26. The number of carbonyl (C=O) groups excluding carboxylic acids is 1. The number of hydrogen-bond donors (Lipinski definition) is 0. The van der Waals surface area contributed by atoms with Gasteiger partial charge in [0, 0.05) is 28.5 Å². The first-order valence-electron chi connectivity index (χ1n) is 6.35. The Labute approximate surface area is 121 Å². The van der Waals surface area contributed by atoms with Gasteiger partial charge in [-0.1, -0.05) is 15.9 Å². The maximum absolute atomic E-state index is 12.5. The molecule has 0 heterocycles. The average Bonchev–Trinajstić information content (AvgIpc) is 2.32. The molecule has 0 N–H and O–H groups in total. The summed E-state index contributed by atoms with van der Waals surface area (Å²) < 4.78 is 0.995. The SMILES string of the molecule is O=C(c1ccc(Br)cc1)N(CCCCl)C1CCC1. The predicted octanol–water partition coefficient (Wildman–Crippen LogP) is 4.07. The monoisotopic (exact) mass is 329 g/mol. The summed E-state index contributed by atoms with van der Waals surface area (Å²) in [4.78, 5) is 14.5. The number of carbonyl (C=O) groups is 1. The predicted molar refractivity (Wildman–Crippen MR) is 78.2 cm³/mol. The van der Waals surface area contributed by atoms with E-state index in [0.29, 0.717) is 11.9 Å². The lowest BCUT2D eigenvalue weighted by Crippen LogP contribution is -2.44. The van der Waals surface area contributed by atoms with Crippen LogP contribution in [0.15, 0.2) is 28.7 Å². The van der Waals surface area contributed by atoms with Crippen LogP contribution in [0.4, 0.5) is 0 Å². The highest BCUT2D eigenvalue weighted by molar-refractivity contribution is 9.10. The van der Waals surface area contributed by atoms with E-state index in [-0.39, 0.29) is 5.91 Å². The van der Waals surface area contributed by atoms with Crippen molar-refractivity contribution < 1.29 is 4.79 Å². The Balaban J connectivity index is 2.08. The number of hydrogen-bond acceptors (Lipinski definition) is 1. The van der Waals surface area contributed by atoms with Crippen LogP contribution in [0.25, 0.3) is 0 Å². The molecule has 1 aliphatic rings. The zero-order valence-corrected chi connectivity index (χ0v) is 12.6. The molecule has 1 aromatic carbocycles. The maximum atomic E-state index is 12.5. The van der Waals surface area contributed by atoms with Gasteiger partial charge in [0.05, 0.1) is 0 Å². The Morgan fingerprint density at radius 1 is 1.33 bits per heavy atom. The molecule has 1 saturated carbocycles. The topological polar surface area (TPSA) is 20.3 Å². The molecule has 0 spiro atoms. The van der Waals surface area contributed by atoms with Gasteiger partial charge >= 0.3 is 0 Å². The molecule has 0 saturated heterocycles. The number of benzene rings is 1. The van der Waals surface area contributed by atoms with Crippen molar-refractivity contribution in [3.63, 3.8) is 0 Å². The minimum Gasteiger partial charge on any atom is -0.336 e. The molecule has 0 atom stereocenters. The molecule has 0 radical (unpaired) electrons. The Morgan fingerprint density at radius 3 is 2.50 bits per heavy atom. The van der Waals surface area contributed by atoms with Gasteiger partial charge in [0.1, 0.15) is 0 Å². The quantitative estimate of drug-likeness (QED) is 0.745. The van der Waals surface area contributed by atoms with Gasteiger partial charge in [-0.15, -0.1) is 11.6 Å². The summed E-state index contributed by atoms with van der Waals surface area (Å²) in [5, 5.41) is 0. The van der Waals surface area contributed by atoms with Crippen molar-refractivity contribution in [2.75, 3.05) is 12.4 Å². The van der Waals surface area contributed by atoms with Crippen LogP contribution in [0, 0.1) is 0 Å². The van der Waals surface area contributed by atoms with E-state index in [1.807, 2.05) is 29.2 Å². The minimum atomic E-state index is 0.136. The van der Waals surface area contributed by atoms with Crippen LogP contribution in [0.5, 0.6) is 0 Å². The first kappa shape index (κ1) is 13.9. The van der Waals surface area contributed by atoms with Crippen LogP contribution >= 0.6 is 27.5 Å². The fraction of sp³-hybridized carbons (Fsp3) is 0.500. The van der Waals surface area contributed by atoms with Gasteiger partial charge in [-0.05, 0) is 49.9 Å². The van der Waals surface area contributed by atoms with Crippen LogP contribution in [-0.4, -0.2) is 29.3 Å². The van der Waals surface area contributed by atoms with Crippen molar-refractivity contribution in [1.82, 2.24) is 4.90 Å². The molecule has 1 aromatic rings.